The molecule has 1 aromatic carbocycles. The van der Waals surface area contributed by atoms with Crippen molar-refractivity contribution in [2.24, 2.45) is 11.7 Å². The fourth-order valence-electron chi connectivity index (χ4n) is 3.90. The number of nitrogen functional groups attached to an aromatic ring is 1. The van der Waals surface area contributed by atoms with Crippen LogP contribution in [-0.2, 0) is 0 Å². The molecule has 1 saturated heterocycles. The van der Waals surface area contributed by atoms with Gasteiger partial charge in [-0.05, 0) is 49.8 Å². The molecular weight excluding hydrogens is 253 g/mol. The lowest BCUT2D eigenvalue weighted by atomic mass is 9.78. The van der Waals surface area contributed by atoms with Crippen LogP contribution in [0.2, 0.25) is 0 Å². The molecule has 1 aliphatic heterocycles. The number of hydrogen-bond donors (Lipinski definition) is 2. The minimum Gasteiger partial charge on any atom is -0.384 e. The topological polar surface area (TPSA) is 53.1 Å². The Hall–Kier alpha value is -1.58. The van der Waals surface area contributed by atoms with Crippen molar-refractivity contribution in [3.63, 3.8) is 0 Å². The van der Waals surface area contributed by atoms with Crippen molar-refractivity contribution in [2.75, 3.05) is 11.4 Å². The first-order valence-electron chi connectivity index (χ1n) is 7.57. The average molecular weight is 275 g/mol. The van der Waals surface area contributed by atoms with E-state index in [0.29, 0.717) is 11.6 Å². The zero-order chi connectivity index (χ0) is 14.1. The molecule has 20 heavy (non-hydrogen) atoms. The Morgan fingerprint density at radius 3 is 2.75 bits per heavy atom. The largest absolute Gasteiger partial charge is 0.384 e. The van der Waals surface area contributed by atoms with E-state index in [1.807, 2.05) is 0 Å². The highest BCUT2D eigenvalue weighted by Gasteiger charge is 2.34. The molecule has 2 aliphatic rings. The summed E-state index contributed by atoms with van der Waals surface area (Å²) in [4.78, 5) is 2.38. The lowest BCUT2D eigenvalue weighted by Gasteiger charge is -2.46. The summed E-state index contributed by atoms with van der Waals surface area (Å²) >= 11 is 0. The van der Waals surface area contributed by atoms with E-state index >= 15 is 0 Å². The fraction of sp³-hybridized carbons (Fsp3) is 0.562. The molecule has 1 saturated carbocycles. The molecule has 1 aliphatic carbocycles. The zero-order valence-corrected chi connectivity index (χ0v) is 11.7. The van der Waals surface area contributed by atoms with Crippen LogP contribution < -0.4 is 10.6 Å². The lowest BCUT2D eigenvalue weighted by molar-refractivity contribution is 0.244. The Labute approximate surface area is 119 Å². The number of nitrogens with two attached hydrogens (primary N) is 1. The molecule has 0 bridgehead atoms. The molecule has 3 rings (SSSR count). The van der Waals surface area contributed by atoms with Gasteiger partial charge in [0.15, 0.2) is 0 Å². The van der Waals surface area contributed by atoms with Gasteiger partial charge in [-0.3, -0.25) is 5.41 Å². The standard InChI is InChI=1S/C16H22FN3/c17-12-7-8-15(13(10-12)16(18)19)20-9-3-5-11-4-1-2-6-14(11)20/h7-8,10-11,14H,1-6,9H2,(H3,18,19)/t11-,14-/m1/s1. The van der Waals surface area contributed by atoms with Crippen molar-refractivity contribution >= 4 is 11.5 Å². The second kappa shape index (κ2) is 5.43. The lowest BCUT2D eigenvalue weighted by Crippen LogP contribution is -2.47. The predicted octanol–water partition coefficient (Wildman–Crippen LogP) is 3.27. The number of halogens is 1. The summed E-state index contributed by atoms with van der Waals surface area (Å²) < 4.78 is 13.4. The van der Waals surface area contributed by atoms with Gasteiger partial charge in [0.05, 0.1) is 0 Å². The monoisotopic (exact) mass is 275 g/mol. The van der Waals surface area contributed by atoms with Crippen molar-refractivity contribution in [1.82, 2.24) is 0 Å². The Balaban J connectivity index is 1.96. The summed E-state index contributed by atoms with van der Waals surface area (Å²) in [6.45, 7) is 0.993. The highest BCUT2D eigenvalue weighted by atomic mass is 19.1. The Morgan fingerprint density at radius 1 is 1.20 bits per heavy atom. The second-order valence-corrected chi connectivity index (χ2v) is 6.02. The summed E-state index contributed by atoms with van der Waals surface area (Å²) in [7, 11) is 0. The third kappa shape index (κ3) is 2.39. The van der Waals surface area contributed by atoms with Crippen LogP contribution in [0.5, 0.6) is 0 Å². The number of piperidine rings is 1. The molecular formula is C16H22FN3. The predicted molar refractivity (Wildman–Crippen MR) is 79.7 cm³/mol. The van der Waals surface area contributed by atoms with Crippen LogP contribution in [0.15, 0.2) is 18.2 Å². The van der Waals surface area contributed by atoms with Gasteiger partial charge in [-0.2, -0.15) is 0 Å². The summed E-state index contributed by atoms with van der Waals surface area (Å²) in [5.41, 5.74) is 7.13. The first kappa shape index (κ1) is 13.4. The van der Waals surface area contributed by atoms with E-state index < -0.39 is 0 Å². The Morgan fingerprint density at radius 2 is 1.95 bits per heavy atom. The van der Waals surface area contributed by atoms with E-state index in [9.17, 15) is 4.39 Å². The number of rotatable bonds is 2. The third-order valence-corrected chi connectivity index (χ3v) is 4.80. The van der Waals surface area contributed by atoms with Gasteiger partial charge in [0.2, 0.25) is 0 Å². The molecule has 2 atom stereocenters. The van der Waals surface area contributed by atoms with Gasteiger partial charge >= 0.3 is 0 Å². The molecule has 4 heteroatoms. The van der Waals surface area contributed by atoms with Crippen LogP contribution in [0, 0.1) is 17.1 Å². The van der Waals surface area contributed by atoms with Crippen molar-refractivity contribution in [2.45, 2.75) is 44.6 Å². The maximum Gasteiger partial charge on any atom is 0.125 e. The van der Waals surface area contributed by atoms with E-state index in [2.05, 4.69) is 4.90 Å². The summed E-state index contributed by atoms with van der Waals surface area (Å²) in [5.74, 6) is 0.385. The van der Waals surface area contributed by atoms with Crippen LogP contribution in [0.3, 0.4) is 0 Å². The van der Waals surface area contributed by atoms with Crippen molar-refractivity contribution in [3.8, 4) is 0 Å². The first-order chi connectivity index (χ1) is 9.66. The summed E-state index contributed by atoms with van der Waals surface area (Å²) in [5, 5.41) is 7.71. The highest BCUT2D eigenvalue weighted by molar-refractivity contribution is 6.00. The van der Waals surface area contributed by atoms with E-state index in [-0.39, 0.29) is 11.7 Å². The van der Waals surface area contributed by atoms with Crippen LogP contribution in [-0.4, -0.2) is 18.4 Å². The maximum absolute atomic E-state index is 13.4. The van der Waals surface area contributed by atoms with Gasteiger partial charge in [-0.15, -0.1) is 0 Å². The zero-order valence-electron chi connectivity index (χ0n) is 11.7. The highest BCUT2D eigenvalue weighted by Crippen LogP contribution is 2.38. The normalized spacial score (nSPS) is 26.1. The van der Waals surface area contributed by atoms with Gasteiger partial charge < -0.3 is 10.6 Å². The summed E-state index contributed by atoms with van der Waals surface area (Å²) in [6.07, 6.45) is 7.59. The number of fused-ring (bicyclic) bond motifs is 1. The number of anilines is 1. The Bertz CT molecular complexity index is 512. The number of amidine groups is 1. The number of nitrogens with one attached hydrogen (secondary N) is 1. The molecule has 0 aromatic heterocycles. The van der Waals surface area contributed by atoms with E-state index in [4.69, 9.17) is 11.1 Å². The van der Waals surface area contributed by atoms with Crippen molar-refractivity contribution < 1.29 is 4.39 Å². The Kier molecular flexibility index (Phi) is 3.64. The SMILES string of the molecule is N=C(N)c1cc(F)ccc1N1CCC[C@H]2CCCC[C@H]21. The molecule has 0 spiro atoms. The number of benzene rings is 1. The van der Waals surface area contributed by atoms with Crippen LogP contribution in [0.25, 0.3) is 0 Å². The molecule has 0 radical (unpaired) electrons. The van der Waals surface area contributed by atoms with Gasteiger partial charge in [0.1, 0.15) is 11.7 Å². The van der Waals surface area contributed by atoms with Crippen LogP contribution in [0.4, 0.5) is 10.1 Å². The van der Waals surface area contributed by atoms with E-state index in [0.717, 1.165) is 18.2 Å². The molecule has 0 amide bonds. The summed E-state index contributed by atoms with van der Waals surface area (Å²) in [6, 6.07) is 5.21. The molecule has 2 fully saturated rings. The first-order valence-corrected chi connectivity index (χ1v) is 7.57. The maximum atomic E-state index is 13.4. The third-order valence-electron chi connectivity index (χ3n) is 4.80. The minimum absolute atomic E-state index is 0.0440. The molecule has 1 heterocycles. The van der Waals surface area contributed by atoms with Gasteiger partial charge in [0, 0.05) is 23.8 Å². The van der Waals surface area contributed by atoms with Gasteiger partial charge in [0.25, 0.3) is 0 Å². The molecule has 3 N–H and O–H groups in total. The molecule has 0 unspecified atom stereocenters. The number of nitrogens with zero attached hydrogens (tertiary/aromatic N) is 1. The molecule has 108 valence electrons. The number of hydrogen-bond acceptors (Lipinski definition) is 2. The molecule has 1 aromatic rings. The smallest absolute Gasteiger partial charge is 0.125 e. The van der Waals surface area contributed by atoms with E-state index in [1.54, 1.807) is 6.07 Å². The van der Waals surface area contributed by atoms with Crippen molar-refractivity contribution in [3.05, 3.63) is 29.6 Å². The quantitative estimate of drug-likeness (QED) is 0.643. The van der Waals surface area contributed by atoms with Crippen molar-refractivity contribution in [1.29, 1.82) is 5.41 Å². The average Bonchev–Trinajstić information content (AvgIpc) is 2.46. The minimum atomic E-state index is -0.323. The van der Waals surface area contributed by atoms with Crippen LogP contribution in [0.1, 0.15) is 44.1 Å². The van der Waals surface area contributed by atoms with Gasteiger partial charge in [-0.25, -0.2) is 4.39 Å². The van der Waals surface area contributed by atoms with E-state index in [1.165, 1.54) is 50.7 Å². The van der Waals surface area contributed by atoms with Gasteiger partial charge in [-0.1, -0.05) is 12.8 Å². The fourth-order valence-corrected chi connectivity index (χ4v) is 3.90. The molecule has 3 nitrogen and oxygen atoms in total. The second-order valence-electron chi connectivity index (χ2n) is 6.02. The van der Waals surface area contributed by atoms with Crippen LogP contribution >= 0.6 is 0 Å².